The highest BCUT2D eigenvalue weighted by Crippen LogP contribution is 2.53. The molecule has 1 unspecified atom stereocenters. The molecule has 2 fully saturated rings. The van der Waals surface area contributed by atoms with Crippen molar-refractivity contribution in [3.05, 3.63) is 28.3 Å². The van der Waals surface area contributed by atoms with Crippen molar-refractivity contribution in [2.45, 2.75) is 77.2 Å². The molecule has 216 valence electrons. The standard InChI is InChI=1S/C27H32F3N5O4S/c1-6-26-10-15(36)13-35(26)22(37)16-9-19(40-21(16)26)20-17(27(28,29)30)11-31-23(33-20)32-18-7-8-34(12-14(18)2)24(38)39-25(3,4)5/h9,11,14,18H,6-8,10,12-13H2,1-5H3,(H,31,32,33)/t14-,18+,26?/m1/s1. The summed E-state index contributed by atoms with van der Waals surface area (Å²) in [5.41, 5.74) is -2.40. The third-order valence-corrected chi connectivity index (χ3v) is 9.09. The Kier molecular flexibility index (Phi) is 6.87. The highest BCUT2D eigenvalue weighted by molar-refractivity contribution is 7.16. The van der Waals surface area contributed by atoms with E-state index in [1.807, 2.05) is 13.8 Å². The lowest BCUT2D eigenvalue weighted by Gasteiger charge is -2.37. The molecule has 0 spiro atoms. The second-order valence-corrected chi connectivity index (χ2v) is 12.8. The van der Waals surface area contributed by atoms with Crippen molar-refractivity contribution < 1.29 is 32.3 Å². The molecule has 0 aromatic carbocycles. The van der Waals surface area contributed by atoms with Crippen LogP contribution in [0.5, 0.6) is 0 Å². The Morgan fingerprint density at radius 1 is 1.27 bits per heavy atom. The van der Waals surface area contributed by atoms with E-state index in [-0.39, 0.29) is 53.1 Å². The predicted octanol–water partition coefficient (Wildman–Crippen LogP) is 5.32. The van der Waals surface area contributed by atoms with E-state index >= 15 is 0 Å². The molecule has 2 amide bonds. The van der Waals surface area contributed by atoms with E-state index < -0.39 is 29.0 Å². The van der Waals surface area contributed by atoms with Gasteiger partial charge in [-0.15, -0.1) is 11.3 Å². The summed E-state index contributed by atoms with van der Waals surface area (Å²) >= 11 is 1.08. The van der Waals surface area contributed by atoms with Gasteiger partial charge < -0.3 is 19.9 Å². The van der Waals surface area contributed by atoms with Gasteiger partial charge in [0, 0.05) is 36.6 Å². The number of thiophene rings is 1. The lowest BCUT2D eigenvalue weighted by Crippen LogP contribution is -2.49. The highest BCUT2D eigenvalue weighted by Gasteiger charge is 2.55. The summed E-state index contributed by atoms with van der Waals surface area (Å²) in [6, 6.07) is 1.28. The Hall–Kier alpha value is -3.22. The van der Waals surface area contributed by atoms with E-state index in [0.29, 0.717) is 36.4 Å². The number of halogens is 3. The summed E-state index contributed by atoms with van der Waals surface area (Å²) < 4.78 is 47.6. The zero-order valence-corrected chi connectivity index (χ0v) is 23.8. The van der Waals surface area contributed by atoms with E-state index in [9.17, 15) is 27.6 Å². The number of ketones is 1. The fourth-order valence-electron chi connectivity index (χ4n) is 5.77. The number of piperidine rings is 1. The van der Waals surface area contributed by atoms with Crippen LogP contribution < -0.4 is 5.32 Å². The molecule has 3 aliphatic rings. The largest absolute Gasteiger partial charge is 0.444 e. The number of rotatable bonds is 4. The van der Waals surface area contributed by atoms with Gasteiger partial charge in [0.25, 0.3) is 5.91 Å². The second kappa shape index (κ2) is 9.71. The summed E-state index contributed by atoms with van der Waals surface area (Å²) in [5, 5.41) is 3.16. The van der Waals surface area contributed by atoms with Gasteiger partial charge in [-0.3, -0.25) is 9.59 Å². The fourth-order valence-corrected chi connectivity index (χ4v) is 7.19. The molecular weight excluding hydrogens is 547 g/mol. The maximum Gasteiger partial charge on any atom is 0.420 e. The molecule has 13 heteroatoms. The number of amides is 2. The molecule has 1 N–H and O–H groups in total. The monoisotopic (exact) mass is 579 g/mol. The molecular formula is C27H32F3N5O4S. The smallest absolute Gasteiger partial charge is 0.420 e. The average molecular weight is 580 g/mol. The van der Waals surface area contributed by atoms with Crippen molar-refractivity contribution in [2.75, 3.05) is 25.0 Å². The molecule has 5 rings (SSSR count). The van der Waals surface area contributed by atoms with Crippen LogP contribution in [0.2, 0.25) is 0 Å². The van der Waals surface area contributed by atoms with Crippen LogP contribution in [0.15, 0.2) is 12.3 Å². The first-order chi connectivity index (χ1) is 18.6. The van der Waals surface area contributed by atoms with Crippen LogP contribution in [0.4, 0.5) is 23.9 Å². The Balaban J connectivity index is 1.42. The minimum absolute atomic E-state index is 0.0176. The lowest BCUT2D eigenvalue weighted by molar-refractivity contribution is -0.137. The van der Waals surface area contributed by atoms with E-state index in [2.05, 4.69) is 15.3 Å². The number of hydrogen-bond donors (Lipinski definition) is 1. The summed E-state index contributed by atoms with van der Waals surface area (Å²) in [5.74, 6) is -0.411. The van der Waals surface area contributed by atoms with Crippen LogP contribution >= 0.6 is 11.3 Å². The highest BCUT2D eigenvalue weighted by atomic mass is 32.1. The van der Waals surface area contributed by atoms with E-state index in [1.165, 1.54) is 6.07 Å². The van der Waals surface area contributed by atoms with Gasteiger partial charge in [-0.25, -0.2) is 14.8 Å². The van der Waals surface area contributed by atoms with Crippen LogP contribution in [-0.2, 0) is 21.2 Å². The van der Waals surface area contributed by atoms with Crippen molar-refractivity contribution in [3.8, 4) is 10.6 Å². The van der Waals surface area contributed by atoms with E-state index in [4.69, 9.17) is 4.74 Å². The Bertz CT molecular complexity index is 1370. The number of anilines is 1. The molecule has 2 saturated heterocycles. The molecule has 3 atom stereocenters. The maximum atomic E-state index is 14.0. The Morgan fingerprint density at radius 2 is 2.00 bits per heavy atom. The third kappa shape index (κ3) is 4.92. The number of fused-ring (bicyclic) bond motifs is 3. The normalized spacial score (nSPS) is 24.8. The second-order valence-electron chi connectivity index (χ2n) is 11.7. The number of Topliss-reactive ketones (excluding diaryl/α,β-unsaturated/α-hetero) is 1. The minimum atomic E-state index is -4.71. The van der Waals surface area contributed by atoms with Gasteiger partial charge in [0.2, 0.25) is 5.95 Å². The molecule has 2 aromatic heterocycles. The van der Waals surface area contributed by atoms with Crippen LogP contribution in [-0.4, -0.2) is 68.8 Å². The topological polar surface area (TPSA) is 105 Å². The summed E-state index contributed by atoms with van der Waals surface area (Å²) in [4.78, 5) is 50.1. The van der Waals surface area contributed by atoms with Crippen LogP contribution in [0.3, 0.4) is 0 Å². The van der Waals surface area contributed by atoms with Gasteiger partial charge in [0.15, 0.2) is 5.78 Å². The minimum Gasteiger partial charge on any atom is -0.444 e. The Labute approximate surface area is 234 Å². The molecule has 9 nitrogen and oxygen atoms in total. The van der Waals surface area contributed by atoms with Gasteiger partial charge in [-0.05, 0) is 45.6 Å². The number of aromatic nitrogens is 2. The van der Waals surface area contributed by atoms with Crippen molar-refractivity contribution >= 4 is 35.1 Å². The lowest BCUT2D eigenvalue weighted by atomic mass is 9.92. The molecule has 0 saturated carbocycles. The predicted molar refractivity (Wildman–Crippen MR) is 142 cm³/mol. The Morgan fingerprint density at radius 3 is 2.62 bits per heavy atom. The molecule has 2 aromatic rings. The van der Waals surface area contributed by atoms with E-state index in [1.54, 1.807) is 30.6 Å². The van der Waals surface area contributed by atoms with Crippen molar-refractivity contribution in [1.82, 2.24) is 19.8 Å². The number of carbonyl (C=O) groups is 3. The molecule has 40 heavy (non-hydrogen) atoms. The third-order valence-electron chi connectivity index (χ3n) is 7.75. The number of ether oxygens (including phenoxy) is 1. The number of nitrogens with one attached hydrogen (secondary N) is 1. The first-order valence-electron chi connectivity index (χ1n) is 13.3. The van der Waals surface area contributed by atoms with Gasteiger partial charge in [0.05, 0.1) is 28.2 Å². The van der Waals surface area contributed by atoms with Crippen LogP contribution in [0.25, 0.3) is 10.6 Å². The number of alkyl halides is 3. The number of hydrogen-bond acceptors (Lipinski definition) is 8. The molecule has 5 heterocycles. The number of nitrogens with zero attached hydrogens (tertiary/aromatic N) is 4. The number of carbonyl (C=O) groups excluding carboxylic acids is 3. The zero-order valence-electron chi connectivity index (χ0n) is 23.0. The fraction of sp³-hybridized carbons (Fsp3) is 0.593. The maximum absolute atomic E-state index is 14.0. The first kappa shape index (κ1) is 28.3. The van der Waals surface area contributed by atoms with Crippen LogP contribution in [0, 0.1) is 5.92 Å². The van der Waals surface area contributed by atoms with E-state index in [0.717, 1.165) is 17.5 Å². The van der Waals surface area contributed by atoms with Crippen molar-refractivity contribution in [1.29, 1.82) is 0 Å². The molecule has 0 radical (unpaired) electrons. The molecule has 0 bridgehead atoms. The SMILES string of the molecule is CCC12CC(=O)CN1C(=O)c1cc(-c3nc(N[C@H]4CCN(C(=O)OC(C)(C)C)C[C@H]4C)ncc3C(F)(F)F)sc12. The van der Waals surface area contributed by atoms with Gasteiger partial charge in [0.1, 0.15) is 11.2 Å². The summed E-state index contributed by atoms with van der Waals surface area (Å²) in [6.07, 6.45) is -3.18. The zero-order chi connectivity index (χ0) is 29.2. The molecule has 3 aliphatic heterocycles. The average Bonchev–Trinajstić information content (AvgIpc) is 3.49. The van der Waals surface area contributed by atoms with Gasteiger partial charge in [-0.1, -0.05) is 13.8 Å². The van der Waals surface area contributed by atoms with Gasteiger partial charge in [-0.2, -0.15) is 13.2 Å². The first-order valence-corrected chi connectivity index (χ1v) is 14.1. The summed E-state index contributed by atoms with van der Waals surface area (Å²) in [6.45, 7) is 10.0. The molecule has 0 aliphatic carbocycles. The quantitative estimate of drug-likeness (QED) is 0.523. The van der Waals surface area contributed by atoms with Gasteiger partial charge >= 0.3 is 12.3 Å². The van der Waals surface area contributed by atoms with Crippen molar-refractivity contribution in [3.63, 3.8) is 0 Å². The van der Waals surface area contributed by atoms with Crippen molar-refractivity contribution in [2.24, 2.45) is 5.92 Å². The van der Waals surface area contributed by atoms with Crippen LogP contribution in [0.1, 0.15) is 74.7 Å². The number of likely N-dealkylation sites (tertiary alicyclic amines) is 1. The summed E-state index contributed by atoms with van der Waals surface area (Å²) in [7, 11) is 0.